The molecule has 1 aliphatic heterocycles. The van der Waals surface area contributed by atoms with Crippen molar-refractivity contribution in [1.29, 1.82) is 0 Å². The van der Waals surface area contributed by atoms with Crippen molar-refractivity contribution in [3.63, 3.8) is 0 Å². The van der Waals surface area contributed by atoms with Gasteiger partial charge in [0.25, 0.3) is 0 Å². The minimum absolute atomic E-state index is 0.0299. The highest BCUT2D eigenvalue weighted by molar-refractivity contribution is 7.90. The lowest BCUT2D eigenvalue weighted by atomic mass is 10.3. The number of hydrogen-bond donors (Lipinski definition) is 0. The first kappa shape index (κ1) is 15.6. The molecule has 108 valence electrons. The topological polar surface area (TPSA) is 69.7 Å². The number of morpholine rings is 1. The molecule has 0 aliphatic carbocycles. The summed E-state index contributed by atoms with van der Waals surface area (Å²) >= 11 is 0. The number of sulfonamides is 1. The molecule has 0 aromatic heterocycles. The summed E-state index contributed by atoms with van der Waals surface area (Å²) in [6.07, 6.45) is 0. The van der Waals surface area contributed by atoms with Crippen LogP contribution in [0.15, 0.2) is 0 Å². The predicted octanol–water partition coefficient (Wildman–Crippen LogP) is 0.113. The molecule has 0 spiro atoms. The molecule has 0 atom stereocenters. The molecule has 0 radical (unpaired) electrons. The van der Waals surface area contributed by atoms with Crippen LogP contribution in [0.25, 0.3) is 0 Å². The van der Waals surface area contributed by atoms with Gasteiger partial charge in [-0.3, -0.25) is 4.47 Å². The van der Waals surface area contributed by atoms with Crippen molar-refractivity contribution in [3.8, 4) is 0 Å². The van der Waals surface area contributed by atoms with Crippen LogP contribution in [-0.2, 0) is 14.8 Å². The van der Waals surface area contributed by atoms with E-state index >= 15 is 0 Å². The SMILES string of the molecule is C[N+]1(CCN([O-])S(=O)(=O)C(F)(F)F)CCOCC1. The Hall–Kier alpha value is -0.420. The van der Waals surface area contributed by atoms with E-state index in [4.69, 9.17) is 4.74 Å². The third-order valence-corrected chi connectivity index (χ3v) is 4.24. The van der Waals surface area contributed by atoms with Crippen LogP contribution in [0.1, 0.15) is 0 Å². The molecule has 10 heteroatoms. The normalized spacial score (nSPS) is 21.2. The summed E-state index contributed by atoms with van der Waals surface area (Å²) in [6.45, 7) is 1.29. The van der Waals surface area contributed by atoms with Gasteiger partial charge in [-0.1, -0.05) is 0 Å². The van der Waals surface area contributed by atoms with E-state index in [1.165, 1.54) is 0 Å². The number of hydrogen-bond acceptors (Lipinski definition) is 4. The van der Waals surface area contributed by atoms with Gasteiger partial charge >= 0.3 is 15.5 Å². The van der Waals surface area contributed by atoms with Gasteiger partial charge in [0.1, 0.15) is 13.1 Å². The Bertz CT molecular complexity index is 378. The zero-order valence-electron chi connectivity index (χ0n) is 9.81. The molecule has 6 nitrogen and oxygen atoms in total. The van der Waals surface area contributed by atoms with Gasteiger partial charge in [-0.2, -0.15) is 13.2 Å². The minimum Gasteiger partial charge on any atom is -0.772 e. The molecule has 0 saturated carbocycles. The maximum atomic E-state index is 12.1. The van der Waals surface area contributed by atoms with Gasteiger partial charge in [0.15, 0.2) is 0 Å². The van der Waals surface area contributed by atoms with E-state index in [1.54, 1.807) is 7.05 Å². The Kier molecular flexibility index (Phi) is 4.60. The van der Waals surface area contributed by atoms with Crippen molar-refractivity contribution in [2.24, 2.45) is 0 Å². The van der Waals surface area contributed by atoms with E-state index in [2.05, 4.69) is 0 Å². The van der Waals surface area contributed by atoms with Gasteiger partial charge < -0.3 is 14.4 Å². The number of halogens is 3. The molecule has 0 bridgehead atoms. The Balaban J connectivity index is 2.58. The summed E-state index contributed by atoms with van der Waals surface area (Å²) in [5.74, 6) is 0. The zero-order valence-corrected chi connectivity index (χ0v) is 10.6. The summed E-state index contributed by atoms with van der Waals surface area (Å²) in [4.78, 5) is 0. The molecule has 1 fully saturated rings. The van der Waals surface area contributed by atoms with Crippen LogP contribution < -0.4 is 0 Å². The van der Waals surface area contributed by atoms with Crippen molar-refractivity contribution in [1.82, 2.24) is 4.47 Å². The van der Waals surface area contributed by atoms with Crippen LogP contribution in [0.5, 0.6) is 0 Å². The maximum absolute atomic E-state index is 12.1. The van der Waals surface area contributed by atoms with E-state index < -0.39 is 26.5 Å². The lowest BCUT2D eigenvalue weighted by molar-refractivity contribution is -0.916. The van der Waals surface area contributed by atoms with Crippen LogP contribution in [0.4, 0.5) is 13.2 Å². The van der Waals surface area contributed by atoms with Gasteiger partial charge in [0, 0.05) is 6.54 Å². The molecule has 1 rings (SSSR count). The summed E-state index contributed by atoms with van der Waals surface area (Å²) in [5, 5.41) is 11.1. The lowest BCUT2D eigenvalue weighted by Gasteiger charge is -2.39. The molecule has 0 amide bonds. The highest BCUT2D eigenvalue weighted by atomic mass is 32.2. The Morgan fingerprint density at radius 3 is 2.28 bits per heavy atom. The summed E-state index contributed by atoms with van der Waals surface area (Å²) in [7, 11) is -4.02. The number of alkyl halides is 3. The Morgan fingerprint density at radius 2 is 1.83 bits per heavy atom. The number of ether oxygens (including phenoxy) is 1. The fourth-order valence-electron chi connectivity index (χ4n) is 1.57. The zero-order chi connectivity index (χ0) is 14.0. The molecule has 0 aromatic carbocycles. The van der Waals surface area contributed by atoms with Crippen LogP contribution in [0.3, 0.4) is 0 Å². The van der Waals surface area contributed by atoms with Crippen LogP contribution in [-0.4, -0.2) is 69.3 Å². The first-order valence-electron chi connectivity index (χ1n) is 5.26. The number of rotatable bonds is 4. The van der Waals surface area contributed by atoms with Crippen molar-refractivity contribution in [3.05, 3.63) is 5.21 Å². The third kappa shape index (κ3) is 3.54. The average molecular weight is 292 g/mol. The molecule has 18 heavy (non-hydrogen) atoms. The van der Waals surface area contributed by atoms with Crippen molar-refractivity contribution < 1.29 is 30.8 Å². The Morgan fingerprint density at radius 1 is 1.33 bits per heavy atom. The second kappa shape index (κ2) is 5.29. The standard InChI is InChI=1S/C8H15F3N2O4S/c1-13(4-6-17-7-5-13)3-2-12(14)18(15,16)8(9,10)11/h2-7H2,1H3. The first-order chi connectivity index (χ1) is 8.08. The van der Waals surface area contributed by atoms with Crippen LogP contribution >= 0.6 is 0 Å². The highest BCUT2D eigenvalue weighted by Gasteiger charge is 2.47. The van der Waals surface area contributed by atoms with E-state index in [0.29, 0.717) is 30.8 Å². The van der Waals surface area contributed by atoms with E-state index in [9.17, 15) is 26.8 Å². The smallest absolute Gasteiger partial charge is 0.510 e. The highest BCUT2D eigenvalue weighted by Crippen LogP contribution is 2.26. The number of nitrogens with zero attached hydrogens (tertiary/aromatic N) is 2. The predicted molar refractivity (Wildman–Crippen MR) is 56.7 cm³/mol. The maximum Gasteiger partial charge on any atom is 0.510 e. The third-order valence-electron chi connectivity index (χ3n) is 2.93. The molecule has 1 heterocycles. The second-order valence-corrected chi connectivity index (χ2v) is 6.20. The number of hydroxylamine groups is 1. The Labute approximate surface area is 103 Å². The molecular weight excluding hydrogens is 277 g/mol. The van der Waals surface area contributed by atoms with E-state index in [-0.39, 0.29) is 6.54 Å². The van der Waals surface area contributed by atoms with Crippen LogP contribution in [0.2, 0.25) is 0 Å². The molecule has 0 N–H and O–H groups in total. The molecule has 1 saturated heterocycles. The number of quaternary nitrogens is 1. The van der Waals surface area contributed by atoms with E-state index in [0.717, 1.165) is 0 Å². The molecular formula is C8H15F3N2O4S. The van der Waals surface area contributed by atoms with Gasteiger partial charge in [0.05, 0.1) is 26.8 Å². The largest absolute Gasteiger partial charge is 0.772 e. The molecule has 1 aliphatic rings. The minimum atomic E-state index is -5.77. The fraction of sp³-hybridized carbons (Fsp3) is 1.00. The summed E-state index contributed by atoms with van der Waals surface area (Å²) in [6, 6.07) is 0. The molecule has 0 unspecified atom stereocenters. The second-order valence-electron chi connectivity index (χ2n) is 4.38. The van der Waals surface area contributed by atoms with Crippen LogP contribution in [0, 0.1) is 5.21 Å². The molecule has 0 aromatic rings. The lowest BCUT2D eigenvalue weighted by Crippen LogP contribution is -2.55. The summed E-state index contributed by atoms with van der Waals surface area (Å²) in [5.41, 5.74) is -5.54. The van der Waals surface area contributed by atoms with Gasteiger partial charge in [-0.05, 0) is 0 Å². The first-order valence-corrected chi connectivity index (χ1v) is 6.70. The van der Waals surface area contributed by atoms with Crippen molar-refractivity contribution >= 4 is 10.0 Å². The van der Waals surface area contributed by atoms with Gasteiger partial charge in [-0.15, -0.1) is 0 Å². The number of likely N-dealkylation sites (N-methyl/N-ethyl adjacent to an activating group) is 1. The average Bonchev–Trinajstić information content (AvgIpc) is 2.25. The van der Waals surface area contributed by atoms with E-state index in [1.807, 2.05) is 0 Å². The van der Waals surface area contributed by atoms with Gasteiger partial charge in [0.2, 0.25) is 0 Å². The van der Waals surface area contributed by atoms with Gasteiger partial charge in [-0.25, -0.2) is 8.42 Å². The quantitative estimate of drug-likeness (QED) is 0.545. The monoisotopic (exact) mass is 292 g/mol. The van der Waals surface area contributed by atoms with Crippen molar-refractivity contribution in [2.75, 3.05) is 46.4 Å². The summed E-state index contributed by atoms with van der Waals surface area (Å²) < 4.78 is 62.4. The van der Waals surface area contributed by atoms with Crippen molar-refractivity contribution in [2.45, 2.75) is 5.51 Å². The fourth-order valence-corrected chi connectivity index (χ4v) is 2.12.